The van der Waals surface area contributed by atoms with Crippen molar-refractivity contribution in [1.29, 1.82) is 0 Å². The van der Waals surface area contributed by atoms with Gasteiger partial charge < -0.3 is 4.84 Å². The lowest BCUT2D eigenvalue weighted by atomic mass is 10.1. The molecule has 0 aliphatic carbocycles. The zero-order valence-corrected chi connectivity index (χ0v) is 7.68. The van der Waals surface area contributed by atoms with E-state index in [9.17, 15) is 22.4 Å². The molecular formula is C8H9F4NO2. The first-order valence-corrected chi connectivity index (χ1v) is 4.25. The molecule has 86 valence electrons. The van der Waals surface area contributed by atoms with E-state index in [-0.39, 0.29) is 25.9 Å². The summed E-state index contributed by atoms with van der Waals surface area (Å²) in [5.74, 6) is -2.24. The number of hydrogen-bond donors (Lipinski definition) is 0. The van der Waals surface area contributed by atoms with Gasteiger partial charge in [-0.25, -0.2) is 9.18 Å². The fourth-order valence-corrected chi connectivity index (χ4v) is 1.14. The lowest BCUT2D eigenvalue weighted by Crippen LogP contribution is -2.38. The Kier molecular flexibility index (Phi) is 3.67. The molecule has 1 rings (SSSR count). The van der Waals surface area contributed by atoms with Gasteiger partial charge in [0.05, 0.1) is 6.33 Å². The molecule has 15 heavy (non-hydrogen) atoms. The summed E-state index contributed by atoms with van der Waals surface area (Å²) < 4.78 is 47.3. The second kappa shape index (κ2) is 4.61. The van der Waals surface area contributed by atoms with E-state index in [4.69, 9.17) is 0 Å². The van der Waals surface area contributed by atoms with Crippen LogP contribution >= 0.6 is 0 Å². The van der Waals surface area contributed by atoms with Gasteiger partial charge in [0.25, 0.3) is 0 Å². The van der Waals surface area contributed by atoms with Crippen LogP contribution in [0.3, 0.4) is 0 Å². The predicted octanol–water partition coefficient (Wildman–Crippen LogP) is 1.96. The Bertz CT molecular complexity index is 264. The van der Waals surface area contributed by atoms with Crippen LogP contribution in [0, 0.1) is 0 Å². The van der Waals surface area contributed by atoms with E-state index in [1.165, 1.54) is 0 Å². The van der Waals surface area contributed by atoms with Gasteiger partial charge in [-0.15, -0.1) is 5.06 Å². The fourth-order valence-electron chi connectivity index (χ4n) is 1.14. The number of hydroxylamine groups is 2. The summed E-state index contributed by atoms with van der Waals surface area (Å²) in [6.07, 6.45) is -4.03. The molecule has 0 spiro atoms. The zero-order chi connectivity index (χ0) is 11.5. The van der Waals surface area contributed by atoms with Crippen molar-refractivity contribution in [3.05, 3.63) is 11.9 Å². The molecule has 1 aliphatic rings. The fraction of sp³-hybridized carbons (Fsp3) is 0.625. The molecule has 0 unspecified atom stereocenters. The Hall–Kier alpha value is -1.11. The molecular weight excluding hydrogens is 218 g/mol. The molecule has 0 bridgehead atoms. The highest BCUT2D eigenvalue weighted by molar-refractivity contribution is 5.75. The number of halogens is 4. The van der Waals surface area contributed by atoms with Crippen LogP contribution in [0.2, 0.25) is 0 Å². The van der Waals surface area contributed by atoms with Gasteiger partial charge in [-0.3, -0.25) is 0 Å². The standard InChI is InChI=1S/C8H9F4NO2/c9-5-6-1-3-13(4-2-6)15-7(14)8(10,11)12/h5H,1-4H2. The van der Waals surface area contributed by atoms with Crippen molar-refractivity contribution in [2.75, 3.05) is 13.1 Å². The molecule has 1 aliphatic heterocycles. The van der Waals surface area contributed by atoms with Crippen LogP contribution in [0.1, 0.15) is 12.8 Å². The van der Waals surface area contributed by atoms with Crippen LogP contribution in [0.15, 0.2) is 11.9 Å². The summed E-state index contributed by atoms with van der Waals surface area (Å²) in [4.78, 5) is 14.5. The van der Waals surface area contributed by atoms with Crippen molar-refractivity contribution in [3.8, 4) is 0 Å². The minimum atomic E-state index is -4.99. The second-order valence-electron chi connectivity index (χ2n) is 3.07. The summed E-state index contributed by atoms with van der Waals surface area (Å²) in [6, 6.07) is 0. The molecule has 0 radical (unpaired) electrons. The van der Waals surface area contributed by atoms with E-state index >= 15 is 0 Å². The maximum Gasteiger partial charge on any atom is 0.492 e. The van der Waals surface area contributed by atoms with Gasteiger partial charge in [-0.05, 0) is 18.4 Å². The molecule has 0 N–H and O–H groups in total. The maximum absolute atomic E-state index is 12.0. The first-order chi connectivity index (χ1) is 6.93. The Morgan fingerprint density at radius 1 is 1.33 bits per heavy atom. The summed E-state index contributed by atoms with van der Waals surface area (Å²) >= 11 is 0. The third-order valence-corrected chi connectivity index (χ3v) is 1.96. The zero-order valence-electron chi connectivity index (χ0n) is 7.68. The molecule has 0 atom stereocenters. The van der Waals surface area contributed by atoms with Gasteiger partial charge in [-0.2, -0.15) is 13.2 Å². The number of hydrogen-bond acceptors (Lipinski definition) is 3. The Labute approximate surface area is 83.2 Å². The highest BCUT2D eigenvalue weighted by atomic mass is 19.4. The normalized spacial score (nSPS) is 18.8. The first-order valence-electron chi connectivity index (χ1n) is 4.25. The van der Waals surface area contributed by atoms with Crippen LogP contribution in [-0.4, -0.2) is 30.3 Å². The monoisotopic (exact) mass is 227 g/mol. The summed E-state index contributed by atoms with van der Waals surface area (Å²) in [6.45, 7) is 0.162. The summed E-state index contributed by atoms with van der Waals surface area (Å²) in [5, 5.41) is 0.892. The summed E-state index contributed by atoms with van der Waals surface area (Å²) in [7, 11) is 0. The van der Waals surface area contributed by atoms with Gasteiger partial charge in [0.2, 0.25) is 0 Å². The average Bonchev–Trinajstić information content (AvgIpc) is 2.17. The van der Waals surface area contributed by atoms with Gasteiger partial charge >= 0.3 is 12.1 Å². The third kappa shape index (κ3) is 3.50. The Balaban J connectivity index is 2.39. The number of carbonyl (C=O) groups excluding carboxylic acids is 1. The van der Waals surface area contributed by atoms with Crippen LogP contribution in [0.4, 0.5) is 17.6 Å². The molecule has 1 heterocycles. The average molecular weight is 227 g/mol. The van der Waals surface area contributed by atoms with Crippen LogP contribution in [0.5, 0.6) is 0 Å². The molecule has 3 nitrogen and oxygen atoms in total. The Morgan fingerprint density at radius 3 is 2.27 bits per heavy atom. The maximum atomic E-state index is 12.0. The smallest absolute Gasteiger partial charge is 0.361 e. The van der Waals surface area contributed by atoms with E-state index in [1.54, 1.807) is 0 Å². The number of alkyl halides is 3. The van der Waals surface area contributed by atoms with Gasteiger partial charge in [-0.1, -0.05) is 0 Å². The minimum Gasteiger partial charge on any atom is -0.361 e. The van der Waals surface area contributed by atoms with E-state index < -0.39 is 12.1 Å². The van der Waals surface area contributed by atoms with Crippen molar-refractivity contribution >= 4 is 5.97 Å². The van der Waals surface area contributed by atoms with Gasteiger partial charge in [0.1, 0.15) is 0 Å². The van der Waals surface area contributed by atoms with Crippen molar-refractivity contribution in [2.45, 2.75) is 19.0 Å². The minimum absolute atomic E-state index is 0.0809. The third-order valence-electron chi connectivity index (χ3n) is 1.96. The van der Waals surface area contributed by atoms with Crippen LogP contribution in [-0.2, 0) is 9.63 Å². The largest absolute Gasteiger partial charge is 0.492 e. The van der Waals surface area contributed by atoms with Crippen molar-refractivity contribution < 1.29 is 27.2 Å². The molecule has 7 heteroatoms. The van der Waals surface area contributed by atoms with E-state index in [2.05, 4.69) is 4.84 Å². The highest BCUT2D eigenvalue weighted by Crippen LogP contribution is 2.20. The van der Waals surface area contributed by atoms with Gasteiger partial charge in [0.15, 0.2) is 0 Å². The van der Waals surface area contributed by atoms with Crippen molar-refractivity contribution in [3.63, 3.8) is 0 Å². The number of nitrogens with zero attached hydrogens (tertiary/aromatic N) is 1. The topological polar surface area (TPSA) is 29.5 Å². The number of carbonyl (C=O) groups is 1. The molecule has 0 saturated carbocycles. The molecule has 0 aromatic carbocycles. The van der Waals surface area contributed by atoms with E-state index in [0.29, 0.717) is 11.9 Å². The SMILES string of the molecule is O=C(ON1CCC(=CF)CC1)C(F)(F)F. The van der Waals surface area contributed by atoms with Crippen molar-refractivity contribution in [2.24, 2.45) is 0 Å². The van der Waals surface area contributed by atoms with E-state index in [1.807, 2.05) is 0 Å². The van der Waals surface area contributed by atoms with Gasteiger partial charge in [0, 0.05) is 13.1 Å². The highest BCUT2D eigenvalue weighted by Gasteiger charge is 2.42. The molecule has 0 amide bonds. The quantitative estimate of drug-likeness (QED) is 0.641. The lowest BCUT2D eigenvalue weighted by molar-refractivity contribution is -0.239. The predicted molar refractivity (Wildman–Crippen MR) is 42.1 cm³/mol. The van der Waals surface area contributed by atoms with Crippen LogP contribution < -0.4 is 0 Å². The number of rotatable bonds is 1. The first kappa shape index (κ1) is 12.0. The molecule has 0 aromatic heterocycles. The lowest BCUT2D eigenvalue weighted by Gasteiger charge is -2.26. The summed E-state index contributed by atoms with van der Waals surface area (Å²) in [5.41, 5.74) is 0.509. The van der Waals surface area contributed by atoms with Crippen molar-refractivity contribution in [1.82, 2.24) is 5.06 Å². The molecule has 0 aromatic rings. The molecule has 1 fully saturated rings. The molecule has 1 saturated heterocycles. The second-order valence-corrected chi connectivity index (χ2v) is 3.07. The number of piperidine rings is 1. The van der Waals surface area contributed by atoms with E-state index in [0.717, 1.165) is 5.06 Å². The van der Waals surface area contributed by atoms with Crippen LogP contribution in [0.25, 0.3) is 0 Å². The Morgan fingerprint density at radius 2 is 1.87 bits per heavy atom.